The van der Waals surface area contributed by atoms with Crippen molar-refractivity contribution in [1.29, 1.82) is 0 Å². The molecule has 1 N–H and O–H groups in total. The smallest absolute Gasteiger partial charge is 0.257 e. The molecule has 1 amide bonds. The van der Waals surface area contributed by atoms with E-state index < -0.39 is 0 Å². The lowest BCUT2D eigenvalue weighted by molar-refractivity contribution is 0.0745. The Balaban J connectivity index is 1.49. The fourth-order valence-electron chi connectivity index (χ4n) is 3.20. The number of hydrogen-bond donors (Lipinski definition) is 1. The Morgan fingerprint density at radius 2 is 2.04 bits per heavy atom. The van der Waals surface area contributed by atoms with Gasteiger partial charge in [0.1, 0.15) is 12.1 Å². The maximum absolute atomic E-state index is 12.8. The van der Waals surface area contributed by atoms with Gasteiger partial charge in [-0.1, -0.05) is 13.8 Å². The van der Waals surface area contributed by atoms with Gasteiger partial charge in [-0.3, -0.25) is 9.89 Å². The van der Waals surface area contributed by atoms with E-state index in [1.807, 2.05) is 16.3 Å². The van der Waals surface area contributed by atoms with Gasteiger partial charge in [0.05, 0.1) is 27.7 Å². The van der Waals surface area contributed by atoms with E-state index in [2.05, 4.69) is 38.9 Å². The highest BCUT2D eigenvalue weighted by atomic mass is 32.1. The number of rotatable bonds is 3. The number of fused-ring (bicyclic) bond motifs is 1. The highest BCUT2D eigenvalue weighted by Crippen LogP contribution is 2.28. The minimum absolute atomic E-state index is 0.0565. The molecule has 25 heavy (non-hydrogen) atoms. The maximum Gasteiger partial charge on any atom is 0.257 e. The molecule has 4 rings (SSSR count). The summed E-state index contributed by atoms with van der Waals surface area (Å²) in [4.78, 5) is 25.7. The first kappa shape index (κ1) is 16.0. The number of carbonyl (C=O) groups excluding carboxylic acids is 1. The monoisotopic (exact) mass is 356 g/mol. The van der Waals surface area contributed by atoms with Crippen molar-refractivity contribution in [3.63, 3.8) is 0 Å². The zero-order valence-electron chi connectivity index (χ0n) is 14.3. The molecule has 7 nitrogen and oxygen atoms in total. The molecule has 3 aromatic heterocycles. The summed E-state index contributed by atoms with van der Waals surface area (Å²) in [6.07, 6.45) is 3.26. The highest BCUT2D eigenvalue weighted by Gasteiger charge is 2.26. The Hall–Kier alpha value is -2.48. The Morgan fingerprint density at radius 3 is 2.80 bits per heavy atom. The summed E-state index contributed by atoms with van der Waals surface area (Å²) >= 11 is 1.66. The number of anilines is 1. The van der Waals surface area contributed by atoms with Crippen molar-refractivity contribution in [3.8, 4) is 0 Å². The molecule has 0 aliphatic carbocycles. The number of H-pyrrole nitrogens is 1. The number of nitrogens with zero attached hydrogens (tertiary/aromatic N) is 5. The number of amides is 1. The standard InChI is InChI=1S/C17H20N6OS/c1-11(2)14-12(9-20-21-14)17(24)23-6-4-22(5-7-23)16-15-13(3-8-25-15)18-10-19-16/h3,8-11H,4-7H2,1-2H3,(H,20,21). The molecular weight excluding hydrogens is 336 g/mol. The first-order valence-electron chi connectivity index (χ1n) is 8.41. The van der Waals surface area contributed by atoms with Crippen molar-refractivity contribution in [2.45, 2.75) is 19.8 Å². The second-order valence-corrected chi connectivity index (χ2v) is 7.38. The van der Waals surface area contributed by atoms with E-state index >= 15 is 0 Å². The normalized spacial score (nSPS) is 15.3. The minimum Gasteiger partial charge on any atom is -0.352 e. The molecule has 4 heterocycles. The second kappa shape index (κ2) is 6.44. The summed E-state index contributed by atoms with van der Waals surface area (Å²) in [6.45, 7) is 7.01. The average molecular weight is 356 g/mol. The zero-order chi connectivity index (χ0) is 17.4. The van der Waals surface area contributed by atoms with Gasteiger partial charge in [-0.05, 0) is 17.4 Å². The van der Waals surface area contributed by atoms with E-state index in [4.69, 9.17) is 0 Å². The lowest BCUT2D eigenvalue weighted by atomic mass is 10.1. The number of thiophene rings is 1. The highest BCUT2D eigenvalue weighted by molar-refractivity contribution is 7.17. The van der Waals surface area contributed by atoms with Gasteiger partial charge >= 0.3 is 0 Å². The van der Waals surface area contributed by atoms with Crippen LogP contribution in [-0.2, 0) is 0 Å². The van der Waals surface area contributed by atoms with Crippen molar-refractivity contribution in [3.05, 3.63) is 35.2 Å². The number of aromatic nitrogens is 4. The van der Waals surface area contributed by atoms with E-state index in [0.717, 1.165) is 34.8 Å². The quantitative estimate of drug-likeness (QED) is 0.780. The number of piperazine rings is 1. The van der Waals surface area contributed by atoms with Gasteiger partial charge in [0.2, 0.25) is 0 Å². The minimum atomic E-state index is 0.0565. The van der Waals surface area contributed by atoms with Crippen LogP contribution in [0.3, 0.4) is 0 Å². The lowest BCUT2D eigenvalue weighted by Gasteiger charge is -2.35. The molecule has 1 fully saturated rings. The largest absolute Gasteiger partial charge is 0.352 e. The molecule has 0 bridgehead atoms. The van der Waals surface area contributed by atoms with Gasteiger partial charge in [-0.2, -0.15) is 5.10 Å². The van der Waals surface area contributed by atoms with Gasteiger partial charge in [0, 0.05) is 26.2 Å². The molecular formula is C17H20N6OS. The second-order valence-electron chi connectivity index (χ2n) is 6.46. The van der Waals surface area contributed by atoms with E-state index in [9.17, 15) is 4.79 Å². The average Bonchev–Trinajstić information content (AvgIpc) is 3.30. The third-order valence-corrected chi connectivity index (χ3v) is 5.47. The van der Waals surface area contributed by atoms with Gasteiger partial charge in [0.15, 0.2) is 0 Å². The zero-order valence-corrected chi connectivity index (χ0v) is 15.1. The molecule has 1 aliphatic heterocycles. The van der Waals surface area contributed by atoms with E-state index in [1.54, 1.807) is 23.9 Å². The number of hydrogen-bond acceptors (Lipinski definition) is 6. The molecule has 1 saturated heterocycles. The summed E-state index contributed by atoms with van der Waals surface area (Å²) in [6, 6.07) is 2.01. The fourth-order valence-corrected chi connectivity index (χ4v) is 4.06. The summed E-state index contributed by atoms with van der Waals surface area (Å²) < 4.78 is 1.11. The molecule has 0 radical (unpaired) electrons. The van der Waals surface area contributed by atoms with Crippen molar-refractivity contribution >= 4 is 33.3 Å². The predicted molar refractivity (Wildman–Crippen MR) is 98.2 cm³/mol. The van der Waals surface area contributed by atoms with Gasteiger partial charge in [-0.15, -0.1) is 11.3 Å². The van der Waals surface area contributed by atoms with Crippen LogP contribution in [0.15, 0.2) is 24.0 Å². The van der Waals surface area contributed by atoms with E-state index in [0.29, 0.717) is 18.7 Å². The summed E-state index contributed by atoms with van der Waals surface area (Å²) in [5.41, 5.74) is 2.57. The lowest BCUT2D eigenvalue weighted by Crippen LogP contribution is -2.49. The molecule has 0 aromatic carbocycles. The number of aromatic amines is 1. The molecule has 0 saturated carbocycles. The van der Waals surface area contributed by atoms with Crippen LogP contribution in [-0.4, -0.2) is 57.2 Å². The fraction of sp³-hybridized carbons (Fsp3) is 0.412. The van der Waals surface area contributed by atoms with E-state index in [1.165, 1.54) is 0 Å². The van der Waals surface area contributed by atoms with Crippen LogP contribution in [0.4, 0.5) is 5.82 Å². The van der Waals surface area contributed by atoms with Crippen LogP contribution in [0.25, 0.3) is 10.2 Å². The van der Waals surface area contributed by atoms with Crippen molar-refractivity contribution < 1.29 is 4.79 Å². The summed E-state index contributed by atoms with van der Waals surface area (Å²) in [5.74, 6) is 1.27. The molecule has 8 heteroatoms. The summed E-state index contributed by atoms with van der Waals surface area (Å²) in [5, 5.41) is 9.04. The van der Waals surface area contributed by atoms with Gasteiger partial charge in [-0.25, -0.2) is 9.97 Å². The number of carbonyl (C=O) groups is 1. The SMILES string of the molecule is CC(C)c1[nH]ncc1C(=O)N1CCN(c2ncnc3ccsc23)CC1. The van der Waals surface area contributed by atoms with Crippen LogP contribution in [0, 0.1) is 0 Å². The summed E-state index contributed by atoms with van der Waals surface area (Å²) in [7, 11) is 0. The van der Waals surface area contributed by atoms with Crippen LogP contribution in [0.5, 0.6) is 0 Å². The third kappa shape index (κ3) is 2.86. The molecule has 0 spiro atoms. The van der Waals surface area contributed by atoms with Gasteiger partial charge in [0.25, 0.3) is 5.91 Å². The number of nitrogens with one attached hydrogen (secondary N) is 1. The third-order valence-electron chi connectivity index (χ3n) is 4.57. The Morgan fingerprint density at radius 1 is 1.24 bits per heavy atom. The topological polar surface area (TPSA) is 78.0 Å². The van der Waals surface area contributed by atoms with Crippen molar-refractivity contribution in [1.82, 2.24) is 25.1 Å². The van der Waals surface area contributed by atoms with Crippen molar-refractivity contribution in [2.24, 2.45) is 0 Å². The van der Waals surface area contributed by atoms with Crippen LogP contribution in [0.2, 0.25) is 0 Å². The molecule has 130 valence electrons. The first-order chi connectivity index (χ1) is 12.1. The van der Waals surface area contributed by atoms with Crippen LogP contribution >= 0.6 is 11.3 Å². The molecule has 1 aliphatic rings. The molecule has 3 aromatic rings. The van der Waals surface area contributed by atoms with Gasteiger partial charge < -0.3 is 9.80 Å². The molecule has 0 atom stereocenters. The Kier molecular flexibility index (Phi) is 4.12. The predicted octanol–water partition coefficient (Wildman–Crippen LogP) is 2.50. The Labute approximate surface area is 149 Å². The first-order valence-corrected chi connectivity index (χ1v) is 9.29. The van der Waals surface area contributed by atoms with E-state index in [-0.39, 0.29) is 11.8 Å². The molecule has 0 unspecified atom stereocenters. The van der Waals surface area contributed by atoms with Crippen LogP contribution in [0.1, 0.15) is 35.8 Å². The van der Waals surface area contributed by atoms with Crippen LogP contribution < -0.4 is 4.90 Å². The maximum atomic E-state index is 12.8. The van der Waals surface area contributed by atoms with Crippen molar-refractivity contribution in [2.75, 3.05) is 31.1 Å². The Bertz CT molecular complexity index is 893.